The zero-order valence-electron chi connectivity index (χ0n) is 29.8. The summed E-state index contributed by atoms with van der Waals surface area (Å²) in [5.74, 6) is 0. The second-order valence-electron chi connectivity index (χ2n) is 13.5. The number of hydrogen-bond acceptors (Lipinski definition) is 0. The van der Waals surface area contributed by atoms with Crippen molar-refractivity contribution in [1.29, 1.82) is 0 Å². The van der Waals surface area contributed by atoms with Crippen LogP contribution in [0.2, 0.25) is 0 Å². The fraction of sp³-hybridized carbons (Fsp3) is 0.0800. The van der Waals surface area contributed by atoms with Gasteiger partial charge in [0.1, 0.15) is 0 Å². The monoisotopic (exact) mass is 958 g/mol. The van der Waals surface area contributed by atoms with E-state index in [-0.39, 0.29) is 0 Å². The van der Waals surface area contributed by atoms with E-state index in [2.05, 4.69) is 182 Å². The third kappa shape index (κ3) is 7.92. The molecule has 0 saturated carbocycles. The predicted molar refractivity (Wildman–Crippen MR) is 239 cm³/mol. The van der Waals surface area contributed by atoms with Crippen LogP contribution in [0, 0.1) is 0 Å². The summed E-state index contributed by atoms with van der Waals surface area (Å²) in [7, 11) is 0. The quantitative estimate of drug-likeness (QED) is 0.108. The van der Waals surface area contributed by atoms with Crippen LogP contribution in [0.15, 0.2) is 182 Å². The average molecular weight is 955 g/mol. The Labute approximate surface area is 343 Å². The van der Waals surface area contributed by atoms with Gasteiger partial charge in [-0.25, -0.2) is 0 Å². The number of hydrogen-bond donors (Lipinski definition) is 0. The van der Waals surface area contributed by atoms with Crippen molar-refractivity contribution in [2.45, 2.75) is 21.3 Å². The minimum absolute atomic E-state index is 0.328. The third-order valence-corrected chi connectivity index (χ3v) is 19.5. The summed E-state index contributed by atoms with van der Waals surface area (Å²) in [6.45, 7) is 0. The fourth-order valence-electron chi connectivity index (χ4n) is 7.24. The Hall–Kier alpha value is -3.90. The average Bonchev–Trinajstić information content (AvgIpc) is 3.23. The summed E-state index contributed by atoms with van der Waals surface area (Å²) >= 11 is 1.31. The molecule has 0 aliphatic rings. The summed E-state index contributed by atoms with van der Waals surface area (Å²) in [5.41, 5.74) is 6.26. The van der Waals surface area contributed by atoms with Gasteiger partial charge in [-0.2, -0.15) is 0 Å². The van der Waals surface area contributed by atoms with E-state index >= 15 is 0 Å². The summed E-state index contributed by atoms with van der Waals surface area (Å²) in [5, 5.41) is 15.5. The van der Waals surface area contributed by atoms with Crippen molar-refractivity contribution in [3.63, 3.8) is 0 Å². The molecule has 0 amide bonds. The maximum atomic E-state index is 2.67. The second kappa shape index (κ2) is 16.9. The van der Waals surface area contributed by atoms with Crippen LogP contribution in [-0.2, 0) is 21.3 Å². The minimum atomic E-state index is 0.328. The van der Waals surface area contributed by atoms with Crippen LogP contribution >= 0.6 is 0 Å². The van der Waals surface area contributed by atoms with E-state index in [1.807, 2.05) is 0 Å². The van der Waals surface area contributed by atoms with Gasteiger partial charge in [-0.15, -0.1) is 0 Å². The summed E-state index contributed by atoms with van der Waals surface area (Å²) in [6, 6.07) is 68.5. The fourth-order valence-corrected chi connectivity index (χ4v) is 16.4. The number of fused-ring (bicyclic) bond motifs is 4. The Kier molecular flexibility index (Phi) is 11.2. The number of benzene rings is 9. The molecule has 0 aliphatic carbocycles. The van der Waals surface area contributed by atoms with Gasteiger partial charge >= 0.3 is 346 Å². The van der Waals surface area contributed by atoms with Gasteiger partial charge in [0.15, 0.2) is 0 Å². The Morgan fingerprint density at radius 2 is 0.463 bits per heavy atom. The Bertz CT molecular complexity index is 2350. The van der Waals surface area contributed by atoms with Gasteiger partial charge in [0.25, 0.3) is 0 Å². The van der Waals surface area contributed by atoms with Crippen LogP contribution in [0.5, 0.6) is 0 Å². The van der Waals surface area contributed by atoms with Crippen LogP contribution in [0.4, 0.5) is 0 Å². The van der Waals surface area contributed by atoms with Crippen LogP contribution in [0.1, 0.15) is 22.3 Å². The molecule has 0 N–H and O–H groups in total. The number of rotatable bonds is 12. The molecule has 0 radical (unpaired) electrons. The summed E-state index contributed by atoms with van der Waals surface area (Å²) < 4.78 is 6.04. The van der Waals surface area contributed by atoms with Gasteiger partial charge in [-0.05, 0) is 0 Å². The van der Waals surface area contributed by atoms with Crippen molar-refractivity contribution < 1.29 is 0 Å². The molecular formula is C50H38Se4. The van der Waals surface area contributed by atoms with Crippen molar-refractivity contribution in [1.82, 2.24) is 0 Å². The molecule has 0 atom stereocenters. The van der Waals surface area contributed by atoms with Gasteiger partial charge in [-0.3, -0.25) is 0 Å². The molecule has 0 unspecified atom stereocenters. The molecule has 0 heterocycles. The van der Waals surface area contributed by atoms with Crippen LogP contribution in [0.3, 0.4) is 0 Å². The van der Waals surface area contributed by atoms with Crippen molar-refractivity contribution in [3.8, 4) is 0 Å². The Morgan fingerprint density at radius 1 is 0.241 bits per heavy atom. The van der Waals surface area contributed by atoms with Crippen molar-refractivity contribution in [2.75, 3.05) is 0 Å². The van der Waals surface area contributed by atoms with E-state index < -0.39 is 0 Å². The molecule has 262 valence electrons. The molecule has 0 spiro atoms. The van der Waals surface area contributed by atoms with Crippen LogP contribution < -0.4 is 17.8 Å². The van der Waals surface area contributed by atoms with E-state index in [4.69, 9.17) is 0 Å². The molecule has 9 aromatic rings. The Balaban J connectivity index is 1.10. The van der Waals surface area contributed by atoms with Gasteiger partial charge in [0.05, 0.1) is 0 Å². The topological polar surface area (TPSA) is 0 Å². The molecule has 9 aromatic carbocycles. The van der Waals surface area contributed by atoms with Gasteiger partial charge < -0.3 is 0 Å². The van der Waals surface area contributed by atoms with Crippen LogP contribution in [0.25, 0.3) is 43.1 Å². The second-order valence-corrected chi connectivity index (χ2v) is 22.0. The summed E-state index contributed by atoms with van der Waals surface area (Å²) in [6.07, 6.45) is 0. The van der Waals surface area contributed by atoms with E-state index in [9.17, 15) is 0 Å². The molecule has 0 aromatic heterocycles. The van der Waals surface area contributed by atoms with E-state index in [1.54, 1.807) is 22.3 Å². The van der Waals surface area contributed by atoms with Gasteiger partial charge in [-0.1, -0.05) is 0 Å². The van der Waals surface area contributed by atoms with Crippen LogP contribution in [-0.4, -0.2) is 59.8 Å². The first-order valence-electron chi connectivity index (χ1n) is 18.3. The molecule has 0 fully saturated rings. The maximum absolute atomic E-state index is 2.67. The molecule has 0 nitrogen and oxygen atoms in total. The summed E-state index contributed by atoms with van der Waals surface area (Å²) in [4.78, 5) is 0. The van der Waals surface area contributed by atoms with Crippen molar-refractivity contribution in [3.05, 3.63) is 204 Å². The first kappa shape index (κ1) is 35.8. The van der Waals surface area contributed by atoms with E-state index in [1.165, 1.54) is 60.9 Å². The molecule has 0 aliphatic heterocycles. The van der Waals surface area contributed by atoms with Crippen molar-refractivity contribution in [2.24, 2.45) is 0 Å². The standard InChI is InChI=1S/C50H38Se4/c1-5-21-43-35(13-1)17-9-25-47(43)51-31-39-29-41(33-53-49-27-11-19-37-15-3-7-23-45(37)49)42(34-54-50-28-12-20-38-16-4-8-24-46(38)50)30-40(39)32-52-48-26-10-18-36-14-2-6-22-44(36)48/h1-30H,31-34H2. The molecule has 4 heteroatoms. The normalized spacial score (nSPS) is 11.6. The third-order valence-electron chi connectivity index (χ3n) is 10.1. The predicted octanol–water partition coefficient (Wildman–Crippen LogP) is 8.42. The SMILES string of the molecule is c1ccc2c([Se]Cc3cc(C[Se]c4cccc5ccccc45)c(C[Se]c4cccc5ccccc45)cc3C[Se]c3cccc4ccccc34)cccc2c1. The Morgan fingerprint density at radius 3 is 0.722 bits per heavy atom. The molecule has 9 rings (SSSR count). The van der Waals surface area contributed by atoms with Crippen molar-refractivity contribution >= 4 is 121 Å². The van der Waals surface area contributed by atoms with Gasteiger partial charge in [0, 0.05) is 0 Å². The zero-order valence-corrected chi connectivity index (χ0v) is 36.6. The molecule has 54 heavy (non-hydrogen) atoms. The first-order chi connectivity index (χ1) is 26.8. The van der Waals surface area contributed by atoms with Gasteiger partial charge in [0.2, 0.25) is 0 Å². The zero-order chi connectivity index (χ0) is 36.1. The first-order valence-corrected chi connectivity index (χ1v) is 26.6. The molecular weight excluding hydrogens is 916 g/mol. The molecule has 0 saturated heterocycles. The van der Waals surface area contributed by atoms with E-state index in [0.29, 0.717) is 59.8 Å². The molecule has 0 bridgehead atoms. The van der Waals surface area contributed by atoms with E-state index in [0.717, 1.165) is 21.3 Å².